The van der Waals surface area contributed by atoms with E-state index < -0.39 is 0 Å². The maximum atomic E-state index is 12.1. The Balaban J connectivity index is 2.20. The molecule has 1 unspecified atom stereocenters. The third kappa shape index (κ3) is 1.72. The standard InChI is InChI=1S/C12H14N4O/c1-8-11-4-12(17)16(10-2-3-13-6-10)7-9(11)5-14-15-8/h4-5,7,10,13H,2-3,6H2,1H3. The molecular formula is C12H14N4O. The molecule has 0 aromatic carbocycles. The second-order valence-electron chi connectivity index (χ2n) is 4.46. The molecule has 88 valence electrons. The summed E-state index contributed by atoms with van der Waals surface area (Å²) in [5.74, 6) is 0. The van der Waals surface area contributed by atoms with Gasteiger partial charge in [0.15, 0.2) is 0 Å². The topological polar surface area (TPSA) is 59.8 Å². The second kappa shape index (κ2) is 3.92. The van der Waals surface area contributed by atoms with Crippen LogP contribution in [0.1, 0.15) is 18.2 Å². The first-order valence-corrected chi connectivity index (χ1v) is 5.80. The van der Waals surface area contributed by atoms with E-state index in [9.17, 15) is 4.79 Å². The first-order chi connectivity index (χ1) is 8.25. The van der Waals surface area contributed by atoms with Crippen molar-refractivity contribution in [2.75, 3.05) is 13.1 Å². The van der Waals surface area contributed by atoms with Gasteiger partial charge in [0.05, 0.1) is 17.9 Å². The van der Waals surface area contributed by atoms with E-state index in [1.165, 1.54) is 0 Å². The Morgan fingerprint density at radius 1 is 1.53 bits per heavy atom. The van der Waals surface area contributed by atoms with E-state index in [2.05, 4.69) is 15.5 Å². The maximum Gasteiger partial charge on any atom is 0.251 e. The van der Waals surface area contributed by atoms with Crippen LogP contribution in [0.5, 0.6) is 0 Å². The molecule has 0 saturated carbocycles. The smallest absolute Gasteiger partial charge is 0.251 e. The molecule has 2 aromatic rings. The summed E-state index contributed by atoms with van der Waals surface area (Å²) in [6.07, 6.45) is 4.61. The molecule has 1 aliphatic heterocycles. The molecule has 0 spiro atoms. The van der Waals surface area contributed by atoms with Gasteiger partial charge in [-0.15, -0.1) is 0 Å². The zero-order chi connectivity index (χ0) is 11.8. The van der Waals surface area contributed by atoms with E-state index in [-0.39, 0.29) is 11.6 Å². The first kappa shape index (κ1) is 10.4. The second-order valence-corrected chi connectivity index (χ2v) is 4.46. The quantitative estimate of drug-likeness (QED) is 0.780. The molecule has 1 atom stereocenters. The van der Waals surface area contributed by atoms with E-state index in [1.807, 2.05) is 17.7 Å². The van der Waals surface area contributed by atoms with Crippen molar-refractivity contribution in [1.29, 1.82) is 0 Å². The minimum atomic E-state index is 0.0438. The zero-order valence-corrected chi connectivity index (χ0v) is 9.68. The fraction of sp³-hybridized carbons (Fsp3) is 0.417. The summed E-state index contributed by atoms with van der Waals surface area (Å²) < 4.78 is 1.81. The molecule has 0 amide bonds. The lowest BCUT2D eigenvalue weighted by atomic mass is 10.2. The van der Waals surface area contributed by atoms with E-state index in [0.29, 0.717) is 0 Å². The first-order valence-electron chi connectivity index (χ1n) is 5.80. The Morgan fingerprint density at radius 3 is 3.18 bits per heavy atom. The van der Waals surface area contributed by atoms with E-state index in [1.54, 1.807) is 12.3 Å². The highest BCUT2D eigenvalue weighted by atomic mass is 16.1. The fourth-order valence-electron chi connectivity index (χ4n) is 2.37. The lowest BCUT2D eigenvalue weighted by Crippen LogP contribution is -2.25. The van der Waals surface area contributed by atoms with Crippen LogP contribution in [0.2, 0.25) is 0 Å². The number of nitrogens with zero attached hydrogens (tertiary/aromatic N) is 3. The molecule has 0 aliphatic carbocycles. The summed E-state index contributed by atoms with van der Waals surface area (Å²) in [7, 11) is 0. The average molecular weight is 230 g/mol. The van der Waals surface area contributed by atoms with Gasteiger partial charge in [0.25, 0.3) is 5.56 Å². The normalized spacial score (nSPS) is 19.9. The van der Waals surface area contributed by atoms with Gasteiger partial charge in [-0.2, -0.15) is 10.2 Å². The molecule has 1 aliphatic rings. The number of fused-ring (bicyclic) bond motifs is 1. The van der Waals surface area contributed by atoms with Crippen LogP contribution >= 0.6 is 0 Å². The molecule has 0 bridgehead atoms. The summed E-state index contributed by atoms with van der Waals surface area (Å²) >= 11 is 0. The summed E-state index contributed by atoms with van der Waals surface area (Å²) in [4.78, 5) is 12.1. The Kier molecular flexibility index (Phi) is 2.40. The van der Waals surface area contributed by atoms with Crippen LogP contribution in [0, 0.1) is 6.92 Å². The van der Waals surface area contributed by atoms with E-state index in [4.69, 9.17) is 0 Å². The van der Waals surface area contributed by atoms with Crippen LogP contribution in [0.15, 0.2) is 23.3 Å². The van der Waals surface area contributed by atoms with Crippen molar-refractivity contribution in [3.05, 3.63) is 34.5 Å². The van der Waals surface area contributed by atoms with Crippen LogP contribution in [0.3, 0.4) is 0 Å². The summed E-state index contributed by atoms with van der Waals surface area (Å²) in [5, 5.41) is 13.0. The van der Waals surface area contributed by atoms with Crippen molar-refractivity contribution in [2.45, 2.75) is 19.4 Å². The Hall–Kier alpha value is -1.75. The largest absolute Gasteiger partial charge is 0.315 e. The Morgan fingerprint density at radius 2 is 2.41 bits per heavy atom. The van der Waals surface area contributed by atoms with Gasteiger partial charge < -0.3 is 9.88 Å². The molecule has 5 heteroatoms. The van der Waals surface area contributed by atoms with Crippen LogP contribution in [0.4, 0.5) is 0 Å². The molecule has 1 saturated heterocycles. The van der Waals surface area contributed by atoms with Crippen LogP contribution in [-0.2, 0) is 0 Å². The predicted molar refractivity (Wildman–Crippen MR) is 65.1 cm³/mol. The monoisotopic (exact) mass is 230 g/mol. The van der Waals surface area contributed by atoms with Crippen LogP contribution < -0.4 is 10.9 Å². The number of aromatic nitrogens is 3. The van der Waals surface area contributed by atoms with E-state index >= 15 is 0 Å². The molecule has 1 N–H and O–H groups in total. The molecule has 1 fully saturated rings. The van der Waals surface area contributed by atoms with Gasteiger partial charge in [-0.1, -0.05) is 0 Å². The molecule has 17 heavy (non-hydrogen) atoms. The predicted octanol–water partition coefficient (Wildman–Crippen LogP) is 0.634. The van der Waals surface area contributed by atoms with E-state index in [0.717, 1.165) is 36.0 Å². The van der Waals surface area contributed by atoms with Crippen molar-refractivity contribution in [2.24, 2.45) is 0 Å². The lowest BCUT2D eigenvalue weighted by Gasteiger charge is -2.13. The number of hydrogen-bond donors (Lipinski definition) is 1. The van der Waals surface area contributed by atoms with Gasteiger partial charge in [-0.25, -0.2) is 0 Å². The number of hydrogen-bond acceptors (Lipinski definition) is 4. The lowest BCUT2D eigenvalue weighted by molar-refractivity contribution is 0.532. The van der Waals surface area contributed by atoms with Crippen molar-refractivity contribution >= 4 is 10.8 Å². The summed E-state index contributed by atoms with van der Waals surface area (Å²) in [6.45, 7) is 3.71. The van der Waals surface area contributed by atoms with Crippen molar-refractivity contribution < 1.29 is 0 Å². The van der Waals surface area contributed by atoms with Gasteiger partial charge in [0.1, 0.15) is 0 Å². The van der Waals surface area contributed by atoms with Gasteiger partial charge in [0, 0.05) is 29.6 Å². The molecule has 3 rings (SSSR count). The number of pyridine rings is 1. The third-order valence-electron chi connectivity index (χ3n) is 3.33. The molecular weight excluding hydrogens is 216 g/mol. The van der Waals surface area contributed by atoms with Crippen molar-refractivity contribution in [3.8, 4) is 0 Å². The van der Waals surface area contributed by atoms with Crippen LogP contribution in [-0.4, -0.2) is 27.9 Å². The number of aryl methyl sites for hydroxylation is 1. The minimum absolute atomic E-state index is 0.0438. The summed E-state index contributed by atoms with van der Waals surface area (Å²) in [5.41, 5.74) is 0.846. The van der Waals surface area contributed by atoms with Gasteiger partial charge in [0.2, 0.25) is 0 Å². The third-order valence-corrected chi connectivity index (χ3v) is 3.33. The highest BCUT2D eigenvalue weighted by Gasteiger charge is 2.17. The number of nitrogens with one attached hydrogen (secondary N) is 1. The maximum absolute atomic E-state index is 12.1. The molecule has 3 heterocycles. The SMILES string of the molecule is Cc1nncc2cn(C3CCNC3)c(=O)cc12. The average Bonchev–Trinajstić information content (AvgIpc) is 2.83. The van der Waals surface area contributed by atoms with Gasteiger partial charge >= 0.3 is 0 Å². The van der Waals surface area contributed by atoms with Gasteiger partial charge in [-0.05, 0) is 19.9 Å². The van der Waals surface area contributed by atoms with Crippen LogP contribution in [0.25, 0.3) is 10.8 Å². The summed E-state index contributed by atoms with van der Waals surface area (Å²) in [6, 6.07) is 1.93. The zero-order valence-electron chi connectivity index (χ0n) is 9.68. The molecule has 2 aromatic heterocycles. The fourth-order valence-corrected chi connectivity index (χ4v) is 2.37. The van der Waals surface area contributed by atoms with Gasteiger partial charge in [-0.3, -0.25) is 4.79 Å². The van der Waals surface area contributed by atoms with Crippen molar-refractivity contribution in [3.63, 3.8) is 0 Å². The number of rotatable bonds is 1. The van der Waals surface area contributed by atoms with Crippen molar-refractivity contribution in [1.82, 2.24) is 20.1 Å². The Bertz CT molecular complexity index is 613. The highest BCUT2D eigenvalue weighted by molar-refractivity contribution is 5.82. The minimum Gasteiger partial charge on any atom is -0.315 e. The molecule has 5 nitrogen and oxygen atoms in total. The Labute approximate surface area is 98.5 Å². The molecule has 0 radical (unpaired) electrons. The highest BCUT2D eigenvalue weighted by Crippen LogP contribution is 2.17.